The van der Waals surface area contributed by atoms with E-state index in [1.54, 1.807) is 0 Å². The number of rotatable bonds is 4. The van der Waals surface area contributed by atoms with Gasteiger partial charge in [0.15, 0.2) is 6.29 Å². The van der Waals surface area contributed by atoms with E-state index in [2.05, 4.69) is 32.9 Å². The van der Waals surface area contributed by atoms with Crippen molar-refractivity contribution in [3.05, 3.63) is 35.9 Å². The van der Waals surface area contributed by atoms with Crippen LogP contribution in [0, 0.1) is 11.8 Å². The summed E-state index contributed by atoms with van der Waals surface area (Å²) < 4.78 is 11.9. The molecule has 2 rings (SSSR count). The highest BCUT2D eigenvalue weighted by atomic mass is 16.7. The molecule has 1 fully saturated rings. The van der Waals surface area contributed by atoms with Gasteiger partial charge in [-0.05, 0) is 23.8 Å². The first kappa shape index (κ1) is 14.5. The topological polar surface area (TPSA) is 44.5 Å². The molecule has 0 spiro atoms. The fourth-order valence-corrected chi connectivity index (χ4v) is 2.69. The van der Waals surface area contributed by atoms with Crippen molar-refractivity contribution in [1.82, 2.24) is 0 Å². The summed E-state index contributed by atoms with van der Waals surface area (Å²) in [5.41, 5.74) is 7.39. The molecule has 0 aromatic heterocycles. The predicted octanol–water partition coefficient (Wildman–Crippen LogP) is 2.94. The van der Waals surface area contributed by atoms with Crippen LogP contribution in [0.4, 0.5) is 0 Å². The van der Waals surface area contributed by atoms with Crippen molar-refractivity contribution in [2.24, 2.45) is 17.6 Å². The number of benzene rings is 1. The Bertz CT molecular complexity index is 380. The Morgan fingerprint density at radius 3 is 2.47 bits per heavy atom. The van der Waals surface area contributed by atoms with Crippen molar-refractivity contribution in [3.8, 4) is 0 Å². The summed E-state index contributed by atoms with van der Waals surface area (Å²) in [6.45, 7) is 7.11. The Morgan fingerprint density at radius 1 is 1.16 bits per heavy atom. The van der Waals surface area contributed by atoms with Gasteiger partial charge in [0.05, 0.1) is 18.8 Å². The number of ether oxygens (including phenoxy) is 2. The Hall–Kier alpha value is -0.900. The molecule has 1 aliphatic rings. The fourth-order valence-electron chi connectivity index (χ4n) is 2.69. The van der Waals surface area contributed by atoms with E-state index in [4.69, 9.17) is 15.2 Å². The molecule has 19 heavy (non-hydrogen) atoms. The van der Waals surface area contributed by atoms with Crippen molar-refractivity contribution in [2.45, 2.75) is 52.2 Å². The lowest BCUT2D eigenvalue weighted by molar-refractivity contribution is -0.235. The molecule has 0 radical (unpaired) electrons. The molecular formula is C16H25NO2. The van der Waals surface area contributed by atoms with Gasteiger partial charge in [-0.1, -0.05) is 51.1 Å². The Labute approximate surface area is 116 Å². The highest BCUT2D eigenvalue weighted by molar-refractivity contribution is 5.13. The van der Waals surface area contributed by atoms with Gasteiger partial charge in [0, 0.05) is 0 Å². The summed E-state index contributed by atoms with van der Waals surface area (Å²) in [7, 11) is 0. The van der Waals surface area contributed by atoms with Crippen LogP contribution in [-0.2, 0) is 16.1 Å². The van der Waals surface area contributed by atoms with Crippen LogP contribution < -0.4 is 5.73 Å². The SMILES string of the molecule is CCC1O[C@@H](OCc2ccccc2)C(N)[C@@H](C)[C@H]1C. The lowest BCUT2D eigenvalue weighted by Gasteiger charge is -2.42. The molecule has 0 amide bonds. The molecule has 5 atom stereocenters. The zero-order valence-electron chi connectivity index (χ0n) is 12.1. The smallest absolute Gasteiger partial charge is 0.173 e. The molecule has 2 unspecified atom stereocenters. The Morgan fingerprint density at radius 2 is 1.84 bits per heavy atom. The van der Waals surface area contributed by atoms with Crippen LogP contribution in [0.5, 0.6) is 0 Å². The average Bonchev–Trinajstić information content (AvgIpc) is 2.45. The zero-order valence-corrected chi connectivity index (χ0v) is 12.1. The molecule has 0 aliphatic carbocycles. The highest BCUT2D eigenvalue weighted by Crippen LogP contribution is 2.31. The molecule has 1 aromatic rings. The van der Waals surface area contributed by atoms with Crippen LogP contribution in [-0.4, -0.2) is 18.4 Å². The largest absolute Gasteiger partial charge is 0.347 e. The van der Waals surface area contributed by atoms with Crippen LogP contribution in [0.25, 0.3) is 0 Å². The second-order valence-corrected chi connectivity index (χ2v) is 5.54. The first-order valence-corrected chi connectivity index (χ1v) is 7.20. The standard InChI is InChI=1S/C16H25NO2/c1-4-14-11(2)12(3)15(17)16(19-14)18-10-13-8-6-5-7-9-13/h5-9,11-12,14-16H,4,10,17H2,1-3H3/t11-,12+,14?,15?,16-/m1/s1. The summed E-state index contributed by atoms with van der Waals surface area (Å²) in [6, 6.07) is 10.1. The van der Waals surface area contributed by atoms with E-state index >= 15 is 0 Å². The molecule has 3 heteroatoms. The molecule has 0 bridgehead atoms. The summed E-state index contributed by atoms with van der Waals surface area (Å²) >= 11 is 0. The Kier molecular flexibility index (Phi) is 4.97. The minimum Gasteiger partial charge on any atom is -0.347 e. The minimum atomic E-state index is -0.295. The van der Waals surface area contributed by atoms with Gasteiger partial charge in [0.1, 0.15) is 0 Å². The van der Waals surface area contributed by atoms with Gasteiger partial charge in [-0.3, -0.25) is 0 Å². The first-order chi connectivity index (χ1) is 9.13. The molecule has 1 aromatic carbocycles. The van der Waals surface area contributed by atoms with E-state index in [-0.39, 0.29) is 18.4 Å². The monoisotopic (exact) mass is 263 g/mol. The predicted molar refractivity (Wildman–Crippen MR) is 76.5 cm³/mol. The van der Waals surface area contributed by atoms with Crippen LogP contribution in [0.15, 0.2) is 30.3 Å². The summed E-state index contributed by atoms with van der Waals surface area (Å²) in [5, 5.41) is 0. The van der Waals surface area contributed by atoms with Crippen molar-refractivity contribution in [1.29, 1.82) is 0 Å². The first-order valence-electron chi connectivity index (χ1n) is 7.20. The van der Waals surface area contributed by atoms with Crippen LogP contribution in [0.2, 0.25) is 0 Å². The van der Waals surface area contributed by atoms with E-state index in [0.717, 1.165) is 12.0 Å². The second kappa shape index (κ2) is 6.51. The summed E-state index contributed by atoms with van der Waals surface area (Å²) in [6.07, 6.45) is 0.954. The average molecular weight is 263 g/mol. The maximum atomic E-state index is 6.24. The van der Waals surface area contributed by atoms with Gasteiger partial charge in [-0.2, -0.15) is 0 Å². The molecular weight excluding hydrogens is 238 g/mol. The number of hydrogen-bond donors (Lipinski definition) is 1. The summed E-state index contributed by atoms with van der Waals surface area (Å²) in [5.74, 6) is 0.899. The van der Waals surface area contributed by atoms with Gasteiger partial charge in [-0.25, -0.2) is 0 Å². The van der Waals surface area contributed by atoms with E-state index in [1.807, 2.05) is 18.2 Å². The van der Waals surface area contributed by atoms with E-state index in [1.165, 1.54) is 0 Å². The van der Waals surface area contributed by atoms with E-state index in [0.29, 0.717) is 18.4 Å². The van der Waals surface area contributed by atoms with Gasteiger partial charge < -0.3 is 15.2 Å². The molecule has 3 nitrogen and oxygen atoms in total. The molecule has 1 saturated heterocycles. The lowest BCUT2D eigenvalue weighted by atomic mass is 9.81. The number of nitrogens with two attached hydrogens (primary N) is 1. The third kappa shape index (κ3) is 3.35. The fraction of sp³-hybridized carbons (Fsp3) is 0.625. The summed E-state index contributed by atoms with van der Waals surface area (Å²) in [4.78, 5) is 0. The molecule has 106 valence electrons. The van der Waals surface area contributed by atoms with Gasteiger partial charge in [0.25, 0.3) is 0 Å². The molecule has 0 saturated carbocycles. The maximum Gasteiger partial charge on any atom is 0.173 e. The number of hydrogen-bond acceptors (Lipinski definition) is 3. The van der Waals surface area contributed by atoms with Gasteiger partial charge in [-0.15, -0.1) is 0 Å². The molecule has 1 heterocycles. The lowest BCUT2D eigenvalue weighted by Crippen LogP contribution is -2.54. The van der Waals surface area contributed by atoms with Crippen molar-refractivity contribution in [2.75, 3.05) is 0 Å². The van der Waals surface area contributed by atoms with Gasteiger partial charge >= 0.3 is 0 Å². The van der Waals surface area contributed by atoms with Crippen LogP contribution in [0.3, 0.4) is 0 Å². The van der Waals surface area contributed by atoms with Crippen LogP contribution >= 0.6 is 0 Å². The highest BCUT2D eigenvalue weighted by Gasteiger charge is 2.39. The third-order valence-corrected chi connectivity index (χ3v) is 4.31. The maximum absolute atomic E-state index is 6.24. The van der Waals surface area contributed by atoms with Crippen molar-refractivity contribution in [3.63, 3.8) is 0 Å². The van der Waals surface area contributed by atoms with E-state index < -0.39 is 0 Å². The normalized spacial score (nSPS) is 35.3. The quantitative estimate of drug-likeness (QED) is 0.908. The van der Waals surface area contributed by atoms with Crippen molar-refractivity contribution >= 4 is 0 Å². The van der Waals surface area contributed by atoms with Crippen molar-refractivity contribution < 1.29 is 9.47 Å². The zero-order chi connectivity index (χ0) is 13.8. The van der Waals surface area contributed by atoms with E-state index in [9.17, 15) is 0 Å². The second-order valence-electron chi connectivity index (χ2n) is 5.54. The molecule has 1 aliphatic heterocycles. The third-order valence-electron chi connectivity index (χ3n) is 4.31. The Balaban J connectivity index is 1.95. The molecule has 2 N–H and O–H groups in total. The van der Waals surface area contributed by atoms with Gasteiger partial charge in [0.2, 0.25) is 0 Å². The van der Waals surface area contributed by atoms with Crippen LogP contribution in [0.1, 0.15) is 32.8 Å². The minimum absolute atomic E-state index is 0.0542.